The molecule has 0 saturated carbocycles. The maximum Gasteiger partial charge on any atom is 0.185 e. The lowest BCUT2D eigenvalue weighted by Gasteiger charge is -1.92. The smallest absolute Gasteiger partial charge is 0.185 e. The average molecular weight is 230 g/mol. The second kappa shape index (κ2) is 4.86. The van der Waals surface area contributed by atoms with E-state index in [1.807, 2.05) is 0 Å². The Labute approximate surface area is 91.7 Å². The highest BCUT2D eigenvalue weighted by Crippen LogP contribution is 2.17. The molecule has 6 heteroatoms. The van der Waals surface area contributed by atoms with E-state index in [-0.39, 0.29) is 18.2 Å². The van der Waals surface area contributed by atoms with E-state index in [1.165, 1.54) is 12.1 Å². The monoisotopic (exact) mass is 229 g/mol. The largest absolute Gasteiger partial charge is 0.354 e. The number of rotatable bonds is 2. The molecule has 2 N–H and O–H groups in total. The Kier molecular flexibility index (Phi) is 3.76. The topological polar surface area (TPSA) is 64.9 Å². The molecule has 4 nitrogen and oxygen atoms in total. The van der Waals surface area contributed by atoms with Gasteiger partial charge in [-0.05, 0) is 12.1 Å². The fourth-order valence-corrected chi connectivity index (χ4v) is 1.05. The van der Waals surface area contributed by atoms with Crippen molar-refractivity contribution in [3.05, 3.63) is 35.9 Å². The molecule has 2 heterocycles. The van der Waals surface area contributed by atoms with E-state index >= 15 is 0 Å². The van der Waals surface area contributed by atoms with E-state index in [2.05, 4.69) is 10.1 Å². The molecule has 0 saturated heterocycles. The van der Waals surface area contributed by atoms with Crippen molar-refractivity contribution in [1.29, 1.82) is 0 Å². The van der Waals surface area contributed by atoms with Crippen LogP contribution in [0.1, 0.15) is 5.69 Å². The molecule has 0 aliphatic carbocycles. The Morgan fingerprint density at radius 1 is 1.40 bits per heavy atom. The van der Waals surface area contributed by atoms with Gasteiger partial charge in [-0.1, -0.05) is 5.16 Å². The number of nitrogens with two attached hydrogens (primary N) is 1. The highest BCUT2D eigenvalue weighted by molar-refractivity contribution is 5.85. The molecule has 2 aromatic heterocycles. The molecule has 2 aromatic rings. The summed E-state index contributed by atoms with van der Waals surface area (Å²) in [5.74, 6) is 0.109. The molecule has 0 unspecified atom stereocenters. The minimum atomic E-state index is -0.382. The summed E-state index contributed by atoms with van der Waals surface area (Å²) in [6, 6.07) is 4.52. The lowest BCUT2D eigenvalue weighted by Crippen LogP contribution is -1.94. The zero-order chi connectivity index (χ0) is 9.97. The number of nitrogens with zero attached hydrogens (tertiary/aromatic N) is 2. The van der Waals surface area contributed by atoms with E-state index < -0.39 is 0 Å². The third kappa shape index (κ3) is 2.51. The van der Waals surface area contributed by atoms with Gasteiger partial charge in [0.2, 0.25) is 0 Å². The van der Waals surface area contributed by atoms with Crippen LogP contribution >= 0.6 is 12.4 Å². The third-order valence-corrected chi connectivity index (χ3v) is 1.75. The van der Waals surface area contributed by atoms with Crippen molar-refractivity contribution >= 4 is 12.4 Å². The fourth-order valence-electron chi connectivity index (χ4n) is 1.05. The highest BCUT2D eigenvalue weighted by atomic mass is 35.5. The molecule has 0 spiro atoms. The van der Waals surface area contributed by atoms with Crippen molar-refractivity contribution in [2.45, 2.75) is 6.54 Å². The molecule has 0 amide bonds. The van der Waals surface area contributed by atoms with Crippen LogP contribution in [0.15, 0.2) is 28.9 Å². The summed E-state index contributed by atoms with van der Waals surface area (Å²) < 4.78 is 17.5. The Morgan fingerprint density at radius 2 is 2.20 bits per heavy atom. The molecular weight excluding hydrogens is 221 g/mol. The molecule has 0 atom stereocenters. The summed E-state index contributed by atoms with van der Waals surface area (Å²) in [4.78, 5) is 3.85. The first-order chi connectivity index (χ1) is 6.79. The van der Waals surface area contributed by atoms with Gasteiger partial charge in [0, 0.05) is 12.6 Å². The predicted molar refractivity (Wildman–Crippen MR) is 54.8 cm³/mol. The van der Waals surface area contributed by atoms with Crippen LogP contribution in [0.4, 0.5) is 4.39 Å². The minimum absolute atomic E-state index is 0. The van der Waals surface area contributed by atoms with Gasteiger partial charge in [-0.2, -0.15) is 0 Å². The van der Waals surface area contributed by atoms with Crippen LogP contribution in [0.3, 0.4) is 0 Å². The van der Waals surface area contributed by atoms with Gasteiger partial charge in [0.05, 0.1) is 11.9 Å². The Morgan fingerprint density at radius 3 is 2.73 bits per heavy atom. The van der Waals surface area contributed by atoms with Gasteiger partial charge in [-0.3, -0.25) is 0 Å². The van der Waals surface area contributed by atoms with Crippen LogP contribution in [-0.4, -0.2) is 10.1 Å². The summed E-state index contributed by atoms with van der Waals surface area (Å²) in [5, 5.41) is 3.70. The van der Waals surface area contributed by atoms with Crippen LogP contribution in [0, 0.1) is 5.82 Å². The molecule has 0 radical (unpaired) electrons. The maximum atomic E-state index is 12.5. The highest BCUT2D eigenvalue weighted by Gasteiger charge is 2.06. The first-order valence-corrected chi connectivity index (χ1v) is 4.07. The quantitative estimate of drug-likeness (QED) is 0.852. The Hall–Kier alpha value is -1.46. The Balaban J connectivity index is 0.00000112. The number of pyridine rings is 1. The first-order valence-electron chi connectivity index (χ1n) is 4.07. The van der Waals surface area contributed by atoms with Gasteiger partial charge in [0.25, 0.3) is 0 Å². The molecule has 0 aliphatic heterocycles. The average Bonchev–Trinajstić information content (AvgIpc) is 2.67. The van der Waals surface area contributed by atoms with Gasteiger partial charge < -0.3 is 10.3 Å². The molecule has 0 fully saturated rings. The Bertz CT molecular complexity index is 429. The van der Waals surface area contributed by atoms with E-state index in [0.29, 0.717) is 23.7 Å². The third-order valence-electron chi connectivity index (χ3n) is 1.75. The van der Waals surface area contributed by atoms with Gasteiger partial charge in [-0.25, -0.2) is 9.37 Å². The number of hydrogen-bond acceptors (Lipinski definition) is 4. The molecule has 2 rings (SSSR count). The van der Waals surface area contributed by atoms with Crippen molar-refractivity contribution in [1.82, 2.24) is 10.1 Å². The molecule has 0 bridgehead atoms. The maximum absolute atomic E-state index is 12.5. The fraction of sp³-hybridized carbons (Fsp3) is 0.111. The predicted octanol–water partition coefficient (Wildman–Crippen LogP) is 1.76. The van der Waals surface area contributed by atoms with Crippen LogP contribution in [0.5, 0.6) is 0 Å². The zero-order valence-corrected chi connectivity index (χ0v) is 8.50. The number of halogens is 2. The van der Waals surface area contributed by atoms with Crippen molar-refractivity contribution in [3.63, 3.8) is 0 Å². The molecular formula is C9H9ClFN3O. The van der Waals surface area contributed by atoms with Gasteiger partial charge in [0.15, 0.2) is 5.76 Å². The van der Waals surface area contributed by atoms with Gasteiger partial charge >= 0.3 is 0 Å². The molecule has 0 aromatic carbocycles. The van der Waals surface area contributed by atoms with Crippen molar-refractivity contribution in [3.8, 4) is 11.5 Å². The summed E-state index contributed by atoms with van der Waals surface area (Å²) >= 11 is 0. The van der Waals surface area contributed by atoms with Crippen molar-refractivity contribution < 1.29 is 8.91 Å². The second-order valence-electron chi connectivity index (χ2n) is 2.75. The summed E-state index contributed by atoms with van der Waals surface area (Å²) in [6.07, 6.45) is 1.12. The van der Waals surface area contributed by atoms with E-state index in [4.69, 9.17) is 10.3 Å². The zero-order valence-electron chi connectivity index (χ0n) is 7.68. The molecule has 0 aliphatic rings. The van der Waals surface area contributed by atoms with Gasteiger partial charge in [-0.15, -0.1) is 12.4 Å². The van der Waals surface area contributed by atoms with Crippen molar-refractivity contribution in [2.24, 2.45) is 5.73 Å². The van der Waals surface area contributed by atoms with Crippen LogP contribution in [0.25, 0.3) is 11.5 Å². The normalized spacial score (nSPS) is 9.73. The number of hydrogen-bond donors (Lipinski definition) is 1. The van der Waals surface area contributed by atoms with Crippen molar-refractivity contribution in [2.75, 3.05) is 0 Å². The summed E-state index contributed by atoms with van der Waals surface area (Å²) in [5.41, 5.74) is 6.55. The lowest BCUT2D eigenvalue weighted by molar-refractivity contribution is 0.422. The van der Waals surface area contributed by atoms with E-state index in [1.54, 1.807) is 6.07 Å². The van der Waals surface area contributed by atoms with Gasteiger partial charge in [0.1, 0.15) is 11.5 Å². The number of aromatic nitrogens is 2. The lowest BCUT2D eigenvalue weighted by atomic mass is 10.2. The minimum Gasteiger partial charge on any atom is -0.354 e. The summed E-state index contributed by atoms with van der Waals surface area (Å²) in [6.45, 7) is 0.310. The van der Waals surface area contributed by atoms with Crippen LogP contribution in [0.2, 0.25) is 0 Å². The summed E-state index contributed by atoms with van der Waals surface area (Å²) in [7, 11) is 0. The van der Waals surface area contributed by atoms with E-state index in [0.717, 1.165) is 6.20 Å². The van der Waals surface area contributed by atoms with E-state index in [9.17, 15) is 4.39 Å². The SMILES string of the molecule is Cl.NCc1cc(-c2ccc(F)cn2)on1. The second-order valence-corrected chi connectivity index (χ2v) is 2.75. The van der Waals surface area contributed by atoms with Crippen LogP contribution in [-0.2, 0) is 6.54 Å². The first kappa shape index (κ1) is 11.6. The van der Waals surface area contributed by atoms with Crippen LogP contribution < -0.4 is 5.73 Å². The molecule has 80 valence electrons. The standard InChI is InChI=1S/C9H8FN3O.ClH/c10-6-1-2-8(12-5-6)9-3-7(4-11)13-14-9;/h1-3,5H,4,11H2;1H. The molecule has 15 heavy (non-hydrogen) atoms.